The molecule has 2 aromatic rings. The molecule has 1 amide bonds. The van der Waals surface area contributed by atoms with Crippen LogP contribution in [0.3, 0.4) is 0 Å². The van der Waals surface area contributed by atoms with Crippen LogP contribution in [0.25, 0.3) is 0 Å². The Labute approximate surface area is 118 Å². The lowest BCUT2D eigenvalue weighted by molar-refractivity contribution is -0.118. The summed E-state index contributed by atoms with van der Waals surface area (Å²) in [6.45, 7) is 2.71. The molecular weight excluding hydrogens is 250 g/mol. The van der Waals surface area contributed by atoms with E-state index in [-0.39, 0.29) is 11.9 Å². The van der Waals surface area contributed by atoms with E-state index in [0.717, 1.165) is 29.9 Å². The molecule has 0 saturated carbocycles. The Kier molecular flexibility index (Phi) is 3.48. The van der Waals surface area contributed by atoms with Crippen molar-refractivity contribution < 1.29 is 4.79 Å². The van der Waals surface area contributed by atoms with Crippen LogP contribution in [0.15, 0.2) is 42.6 Å². The smallest absolute Gasteiger partial charge is 0.246 e. The monoisotopic (exact) mass is 267 g/mol. The molecule has 1 atom stereocenters. The van der Waals surface area contributed by atoms with Crippen LogP contribution in [-0.2, 0) is 11.2 Å². The van der Waals surface area contributed by atoms with Gasteiger partial charge in [-0.1, -0.05) is 24.3 Å². The highest BCUT2D eigenvalue weighted by atomic mass is 16.2. The van der Waals surface area contributed by atoms with E-state index in [1.807, 2.05) is 37.3 Å². The highest BCUT2D eigenvalue weighted by molar-refractivity contribution is 5.96. The fourth-order valence-electron chi connectivity index (χ4n) is 2.56. The Bertz CT molecular complexity index is 639. The zero-order chi connectivity index (χ0) is 13.9. The first-order chi connectivity index (χ1) is 9.75. The first-order valence-electron chi connectivity index (χ1n) is 6.79. The molecule has 3 rings (SSSR count). The summed E-state index contributed by atoms with van der Waals surface area (Å²) < 4.78 is 0. The van der Waals surface area contributed by atoms with Gasteiger partial charge in [0, 0.05) is 12.7 Å². The SMILES string of the molecule is Cc1ncccc1NC(=O)C1NCCc2ccccc21. The van der Waals surface area contributed by atoms with Gasteiger partial charge < -0.3 is 10.6 Å². The third kappa shape index (κ3) is 2.42. The van der Waals surface area contributed by atoms with Gasteiger partial charge in [0.2, 0.25) is 5.91 Å². The number of anilines is 1. The minimum atomic E-state index is -0.292. The van der Waals surface area contributed by atoms with E-state index >= 15 is 0 Å². The van der Waals surface area contributed by atoms with E-state index in [9.17, 15) is 4.79 Å². The van der Waals surface area contributed by atoms with Gasteiger partial charge in [-0.25, -0.2) is 0 Å². The average Bonchev–Trinajstić information content (AvgIpc) is 2.49. The number of carbonyl (C=O) groups is 1. The number of carbonyl (C=O) groups excluding carboxylic acids is 1. The summed E-state index contributed by atoms with van der Waals surface area (Å²) in [4.78, 5) is 16.7. The molecule has 1 aliphatic rings. The summed E-state index contributed by atoms with van der Waals surface area (Å²) in [5, 5.41) is 6.24. The molecule has 4 heteroatoms. The zero-order valence-electron chi connectivity index (χ0n) is 11.4. The molecule has 1 aliphatic heterocycles. The topological polar surface area (TPSA) is 54.0 Å². The number of amides is 1. The van der Waals surface area contributed by atoms with Gasteiger partial charge in [-0.2, -0.15) is 0 Å². The molecule has 20 heavy (non-hydrogen) atoms. The molecule has 0 aliphatic carbocycles. The van der Waals surface area contributed by atoms with Gasteiger partial charge in [0.05, 0.1) is 11.4 Å². The predicted molar refractivity (Wildman–Crippen MR) is 78.5 cm³/mol. The third-order valence-corrected chi connectivity index (χ3v) is 3.64. The van der Waals surface area contributed by atoms with E-state index in [2.05, 4.69) is 21.7 Å². The summed E-state index contributed by atoms with van der Waals surface area (Å²) >= 11 is 0. The highest BCUT2D eigenvalue weighted by Crippen LogP contribution is 2.24. The van der Waals surface area contributed by atoms with Crippen LogP contribution >= 0.6 is 0 Å². The quantitative estimate of drug-likeness (QED) is 0.877. The maximum Gasteiger partial charge on any atom is 0.246 e. The van der Waals surface area contributed by atoms with Gasteiger partial charge in [0.15, 0.2) is 0 Å². The Morgan fingerprint density at radius 1 is 1.30 bits per heavy atom. The van der Waals surface area contributed by atoms with E-state index in [1.54, 1.807) is 6.20 Å². The van der Waals surface area contributed by atoms with Crippen LogP contribution in [0.4, 0.5) is 5.69 Å². The van der Waals surface area contributed by atoms with Crippen molar-refractivity contribution in [1.29, 1.82) is 0 Å². The maximum absolute atomic E-state index is 12.5. The summed E-state index contributed by atoms with van der Waals surface area (Å²) in [6, 6.07) is 11.5. The summed E-state index contributed by atoms with van der Waals surface area (Å²) in [6.07, 6.45) is 2.69. The number of aromatic nitrogens is 1. The van der Waals surface area contributed by atoms with Crippen molar-refractivity contribution >= 4 is 11.6 Å². The second kappa shape index (κ2) is 5.43. The first-order valence-corrected chi connectivity index (χ1v) is 6.79. The lowest BCUT2D eigenvalue weighted by Gasteiger charge is -2.26. The molecule has 102 valence electrons. The number of nitrogens with one attached hydrogen (secondary N) is 2. The molecule has 0 spiro atoms. The number of nitrogens with zero attached hydrogens (tertiary/aromatic N) is 1. The van der Waals surface area contributed by atoms with E-state index in [4.69, 9.17) is 0 Å². The van der Waals surface area contributed by atoms with Crippen molar-refractivity contribution in [1.82, 2.24) is 10.3 Å². The van der Waals surface area contributed by atoms with Crippen molar-refractivity contribution in [2.75, 3.05) is 11.9 Å². The fourth-order valence-corrected chi connectivity index (χ4v) is 2.56. The largest absolute Gasteiger partial charge is 0.323 e. The molecule has 4 nitrogen and oxygen atoms in total. The third-order valence-electron chi connectivity index (χ3n) is 3.64. The summed E-state index contributed by atoms with van der Waals surface area (Å²) in [5.74, 6) is -0.0340. The fraction of sp³-hybridized carbons (Fsp3) is 0.250. The minimum absolute atomic E-state index is 0.0340. The van der Waals surface area contributed by atoms with Crippen molar-refractivity contribution in [3.05, 3.63) is 59.4 Å². The number of hydrogen-bond donors (Lipinski definition) is 2. The number of pyridine rings is 1. The normalized spacial score (nSPS) is 17.4. The molecule has 2 heterocycles. The van der Waals surface area contributed by atoms with Crippen LogP contribution in [0.5, 0.6) is 0 Å². The molecule has 0 bridgehead atoms. The number of rotatable bonds is 2. The molecule has 1 unspecified atom stereocenters. The first kappa shape index (κ1) is 12.8. The van der Waals surface area contributed by atoms with Crippen LogP contribution in [-0.4, -0.2) is 17.4 Å². The lowest BCUT2D eigenvalue weighted by Crippen LogP contribution is -2.38. The highest BCUT2D eigenvalue weighted by Gasteiger charge is 2.25. The van der Waals surface area contributed by atoms with Crippen LogP contribution in [0, 0.1) is 6.92 Å². The molecule has 0 fully saturated rings. The van der Waals surface area contributed by atoms with Crippen LogP contribution in [0.2, 0.25) is 0 Å². The van der Waals surface area contributed by atoms with Crippen LogP contribution in [0.1, 0.15) is 22.9 Å². The molecule has 0 radical (unpaired) electrons. The van der Waals surface area contributed by atoms with Gasteiger partial charge >= 0.3 is 0 Å². The Balaban J connectivity index is 1.84. The van der Waals surface area contributed by atoms with E-state index in [0.29, 0.717) is 0 Å². The number of hydrogen-bond acceptors (Lipinski definition) is 3. The summed E-state index contributed by atoms with van der Waals surface area (Å²) in [5.41, 5.74) is 3.90. The average molecular weight is 267 g/mol. The zero-order valence-corrected chi connectivity index (χ0v) is 11.4. The maximum atomic E-state index is 12.5. The van der Waals surface area contributed by atoms with Crippen molar-refractivity contribution in [3.8, 4) is 0 Å². The van der Waals surface area contributed by atoms with E-state index in [1.165, 1.54) is 5.56 Å². The van der Waals surface area contributed by atoms with Gasteiger partial charge in [0.25, 0.3) is 0 Å². The van der Waals surface area contributed by atoms with Gasteiger partial charge in [-0.05, 0) is 36.6 Å². The Hall–Kier alpha value is -2.20. The van der Waals surface area contributed by atoms with Gasteiger partial charge in [-0.15, -0.1) is 0 Å². The summed E-state index contributed by atoms with van der Waals surface area (Å²) in [7, 11) is 0. The minimum Gasteiger partial charge on any atom is -0.323 e. The van der Waals surface area contributed by atoms with Crippen molar-refractivity contribution in [3.63, 3.8) is 0 Å². The molecule has 1 aromatic carbocycles. The van der Waals surface area contributed by atoms with Crippen LogP contribution < -0.4 is 10.6 Å². The molecular formula is C16H17N3O. The van der Waals surface area contributed by atoms with Crippen molar-refractivity contribution in [2.24, 2.45) is 0 Å². The molecule has 1 aromatic heterocycles. The van der Waals surface area contributed by atoms with Gasteiger partial charge in [-0.3, -0.25) is 9.78 Å². The second-order valence-corrected chi connectivity index (χ2v) is 4.96. The molecule has 2 N–H and O–H groups in total. The van der Waals surface area contributed by atoms with Gasteiger partial charge in [0.1, 0.15) is 6.04 Å². The Morgan fingerprint density at radius 3 is 3.00 bits per heavy atom. The predicted octanol–water partition coefficient (Wildman–Crippen LogP) is 2.22. The number of aryl methyl sites for hydroxylation is 1. The Morgan fingerprint density at radius 2 is 2.15 bits per heavy atom. The standard InChI is InChI=1S/C16H17N3O/c1-11-14(7-4-9-17-11)19-16(20)15-13-6-3-2-5-12(13)8-10-18-15/h2-7,9,15,18H,8,10H2,1H3,(H,19,20). The number of fused-ring (bicyclic) bond motifs is 1. The molecule has 0 saturated heterocycles. The van der Waals surface area contributed by atoms with E-state index < -0.39 is 0 Å². The lowest BCUT2D eigenvalue weighted by atomic mass is 9.94. The van der Waals surface area contributed by atoms with Crippen molar-refractivity contribution in [2.45, 2.75) is 19.4 Å². The number of benzene rings is 1. The second-order valence-electron chi connectivity index (χ2n) is 4.96.